The summed E-state index contributed by atoms with van der Waals surface area (Å²) in [6.45, 7) is 0. The van der Waals surface area contributed by atoms with Gasteiger partial charge >= 0.3 is 0 Å². The molecule has 0 radical (unpaired) electrons. The molecule has 2 atom stereocenters. The summed E-state index contributed by atoms with van der Waals surface area (Å²) >= 11 is 1.67. The van der Waals surface area contributed by atoms with Gasteiger partial charge in [0.05, 0.1) is 22.3 Å². The lowest BCUT2D eigenvalue weighted by Gasteiger charge is -2.29. The molecule has 30 heavy (non-hydrogen) atoms. The number of ketones is 1. The van der Waals surface area contributed by atoms with Crippen LogP contribution in [0.1, 0.15) is 35.2 Å². The molecule has 2 heterocycles. The molecule has 150 valence electrons. The number of non-ortho nitro benzene ring substituents is 1. The highest BCUT2D eigenvalue weighted by Gasteiger charge is 2.36. The van der Waals surface area contributed by atoms with E-state index >= 15 is 0 Å². The molecule has 3 aromatic rings. The number of para-hydroxylation sites is 2. The van der Waals surface area contributed by atoms with Crippen LogP contribution in [0, 0.1) is 10.1 Å². The topological polar surface area (TPSA) is 84.3 Å². The zero-order chi connectivity index (χ0) is 20.7. The first-order valence-electron chi connectivity index (χ1n) is 9.77. The van der Waals surface area contributed by atoms with E-state index < -0.39 is 11.0 Å². The van der Waals surface area contributed by atoms with Crippen molar-refractivity contribution in [3.8, 4) is 0 Å². The predicted octanol–water partition coefficient (Wildman–Crippen LogP) is 5.64. The molecule has 0 unspecified atom stereocenters. The van der Waals surface area contributed by atoms with Gasteiger partial charge in [-0.05, 0) is 35.6 Å². The average Bonchev–Trinajstić information content (AvgIpc) is 3.23. The Morgan fingerprint density at radius 1 is 1.00 bits per heavy atom. The summed E-state index contributed by atoms with van der Waals surface area (Å²) in [6.07, 6.45) is 1.16. The van der Waals surface area contributed by atoms with E-state index in [9.17, 15) is 14.9 Å². The number of anilines is 2. The number of nitrogens with zero attached hydrogens (tertiary/aromatic N) is 1. The molecule has 7 heteroatoms. The zero-order valence-electron chi connectivity index (χ0n) is 16.0. The number of nitro groups is 1. The standard InChI is InChI=1S/C23H19N3O3S/c27-20-13-15(21-9-4-10-30-21)12-19-22(20)23(14-5-3-6-16(11-14)26(28)29)25-18-8-2-1-7-17(18)24-19/h1-11,15,23-25H,12-13H2/t15-,23+/m1/s1. The molecule has 1 aliphatic carbocycles. The van der Waals surface area contributed by atoms with Crippen molar-refractivity contribution >= 4 is 34.2 Å². The van der Waals surface area contributed by atoms with Crippen LogP contribution >= 0.6 is 11.3 Å². The van der Waals surface area contributed by atoms with Crippen molar-refractivity contribution in [3.05, 3.63) is 97.9 Å². The van der Waals surface area contributed by atoms with E-state index in [1.165, 1.54) is 10.9 Å². The summed E-state index contributed by atoms with van der Waals surface area (Å²) < 4.78 is 0. The fraction of sp³-hybridized carbons (Fsp3) is 0.174. The Bertz CT molecular complexity index is 1170. The number of nitrogens with one attached hydrogen (secondary N) is 2. The molecule has 0 fully saturated rings. The maximum absolute atomic E-state index is 13.4. The number of rotatable bonds is 3. The molecule has 0 saturated carbocycles. The van der Waals surface area contributed by atoms with Gasteiger partial charge in [-0.2, -0.15) is 0 Å². The summed E-state index contributed by atoms with van der Waals surface area (Å²) in [7, 11) is 0. The largest absolute Gasteiger partial charge is 0.372 e. The van der Waals surface area contributed by atoms with Crippen molar-refractivity contribution in [2.24, 2.45) is 0 Å². The van der Waals surface area contributed by atoms with Crippen molar-refractivity contribution in [2.75, 3.05) is 10.6 Å². The summed E-state index contributed by atoms with van der Waals surface area (Å²) in [5.41, 5.74) is 4.04. The molecule has 1 aromatic heterocycles. The lowest BCUT2D eigenvalue weighted by Crippen LogP contribution is -2.26. The second-order valence-corrected chi connectivity index (χ2v) is 8.52. The molecule has 2 N–H and O–H groups in total. The van der Waals surface area contributed by atoms with Crippen LogP contribution in [0.3, 0.4) is 0 Å². The van der Waals surface area contributed by atoms with Crippen molar-refractivity contribution in [1.82, 2.24) is 0 Å². The molecule has 5 rings (SSSR count). The van der Waals surface area contributed by atoms with E-state index in [-0.39, 0.29) is 17.4 Å². The number of carbonyl (C=O) groups is 1. The van der Waals surface area contributed by atoms with Gasteiger partial charge in [-0.15, -0.1) is 11.3 Å². The minimum absolute atomic E-state index is 0.0154. The summed E-state index contributed by atoms with van der Waals surface area (Å²) in [6, 6.07) is 18.0. The highest BCUT2D eigenvalue weighted by atomic mass is 32.1. The average molecular weight is 417 g/mol. The Balaban J connectivity index is 1.63. The van der Waals surface area contributed by atoms with Crippen LogP contribution in [0.25, 0.3) is 0 Å². The third kappa shape index (κ3) is 3.27. The minimum Gasteiger partial charge on any atom is -0.372 e. The SMILES string of the molecule is O=C1C[C@H](c2cccs2)CC2=C1[C@H](c1cccc([N+](=O)[O-])c1)Nc1ccccc1N2. The minimum atomic E-state index is -0.451. The molecule has 2 aromatic carbocycles. The highest BCUT2D eigenvalue weighted by Crippen LogP contribution is 2.45. The Labute approximate surface area is 177 Å². The predicted molar refractivity (Wildman–Crippen MR) is 118 cm³/mol. The number of carbonyl (C=O) groups excluding carboxylic acids is 1. The molecule has 0 spiro atoms. The van der Waals surface area contributed by atoms with Crippen LogP contribution in [-0.2, 0) is 4.79 Å². The van der Waals surface area contributed by atoms with Gasteiger partial charge in [0.2, 0.25) is 0 Å². The first-order chi connectivity index (χ1) is 14.6. The highest BCUT2D eigenvalue weighted by molar-refractivity contribution is 7.10. The molecular formula is C23H19N3O3S. The molecule has 0 amide bonds. The summed E-state index contributed by atoms with van der Waals surface area (Å²) in [4.78, 5) is 25.5. The fourth-order valence-electron chi connectivity index (χ4n) is 4.29. The number of Topliss-reactive ketones (excluding diaryl/α,β-unsaturated/α-hetero) is 1. The van der Waals surface area contributed by atoms with Gasteiger partial charge < -0.3 is 10.6 Å². The number of hydrogen-bond donors (Lipinski definition) is 2. The lowest BCUT2D eigenvalue weighted by molar-refractivity contribution is -0.384. The van der Waals surface area contributed by atoms with Gasteiger partial charge in [-0.1, -0.05) is 30.3 Å². The van der Waals surface area contributed by atoms with Crippen LogP contribution in [0.4, 0.5) is 17.1 Å². The third-order valence-corrected chi connectivity index (χ3v) is 6.70. The zero-order valence-corrected chi connectivity index (χ0v) is 16.8. The van der Waals surface area contributed by atoms with Gasteiger partial charge in [-0.3, -0.25) is 14.9 Å². The van der Waals surface area contributed by atoms with E-state index in [0.29, 0.717) is 17.6 Å². The maximum atomic E-state index is 13.4. The van der Waals surface area contributed by atoms with Gasteiger partial charge in [0.25, 0.3) is 5.69 Å². The van der Waals surface area contributed by atoms with Crippen molar-refractivity contribution < 1.29 is 9.72 Å². The molecule has 0 saturated heterocycles. The Morgan fingerprint density at radius 2 is 1.83 bits per heavy atom. The Morgan fingerprint density at radius 3 is 2.60 bits per heavy atom. The van der Waals surface area contributed by atoms with E-state index in [4.69, 9.17) is 0 Å². The van der Waals surface area contributed by atoms with E-state index in [1.54, 1.807) is 23.5 Å². The molecular weight excluding hydrogens is 398 g/mol. The first kappa shape index (κ1) is 18.6. The maximum Gasteiger partial charge on any atom is 0.269 e. The Kier molecular flexibility index (Phi) is 4.59. The molecule has 2 aliphatic rings. The normalized spacial score (nSPS) is 20.5. The molecule has 6 nitrogen and oxygen atoms in total. The molecule has 1 aliphatic heterocycles. The van der Waals surface area contributed by atoms with Gasteiger partial charge in [0, 0.05) is 40.6 Å². The van der Waals surface area contributed by atoms with Gasteiger partial charge in [-0.25, -0.2) is 0 Å². The third-order valence-electron chi connectivity index (χ3n) is 5.67. The number of benzene rings is 2. The van der Waals surface area contributed by atoms with Crippen LogP contribution < -0.4 is 10.6 Å². The van der Waals surface area contributed by atoms with Gasteiger partial charge in [0.1, 0.15) is 0 Å². The van der Waals surface area contributed by atoms with Gasteiger partial charge in [0.15, 0.2) is 5.78 Å². The number of thiophene rings is 1. The van der Waals surface area contributed by atoms with Crippen LogP contribution in [0.2, 0.25) is 0 Å². The fourth-order valence-corrected chi connectivity index (χ4v) is 5.12. The molecule has 0 bridgehead atoms. The number of nitro benzene ring substituents is 1. The number of hydrogen-bond acceptors (Lipinski definition) is 6. The van der Waals surface area contributed by atoms with Crippen molar-refractivity contribution in [2.45, 2.75) is 24.8 Å². The second kappa shape index (κ2) is 7.42. The first-order valence-corrected chi connectivity index (χ1v) is 10.6. The lowest BCUT2D eigenvalue weighted by atomic mass is 9.81. The summed E-state index contributed by atoms with van der Waals surface area (Å²) in [5, 5.41) is 20.3. The van der Waals surface area contributed by atoms with E-state index in [1.807, 2.05) is 41.8 Å². The Hall–Kier alpha value is -3.45. The smallest absolute Gasteiger partial charge is 0.269 e. The van der Waals surface area contributed by atoms with Crippen molar-refractivity contribution in [1.29, 1.82) is 0 Å². The quantitative estimate of drug-likeness (QED) is 0.426. The summed E-state index contributed by atoms with van der Waals surface area (Å²) in [5.74, 6) is 0.207. The van der Waals surface area contributed by atoms with Crippen LogP contribution in [0.15, 0.2) is 77.3 Å². The van der Waals surface area contributed by atoms with Crippen LogP contribution in [0.5, 0.6) is 0 Å². The number of fused-ring (bicyclic) bond motifs is 1. The van der Waals surface area contributed by atoms with Crippen molar-refractivity contribution in [3.63, 3.8) is 0 Å². The second-order valence-electron chi connectivity index (χ2n) is 7.54. The van der Waals surface area contributed by atoms with E-state index in [2.05, 4.69) is 16.7 Å². The van der Waals surface area contributed by atoms with E-state index in [0.717, 1.165) is 23.5 Å². The number of allylic oxidation sites excluding steroid dienone is 1. The van der Waals surface area contributed by atoms with Crippen LogP contribution in [-0.4, -0.2) is 10.7 Å². The monoisotopic (exact) mass is 417 g/mol.